The van der Waals surface area contributed by atoms with Crippen molar-refractivity contribution in [2.75, 3.05) is 11.9 Å². The number of hydrogen-bond donors (Lipinski definition) is 4. The summed E-state index contributed by atoms with van der Waals surface area (Å²) in [4.78, 5) is 0. The number of halogens is 1. The number of benzene rings is 1. The number of thiocarbonyl (C=S) groups is 2. The van der Waals surface area contributed by atoms with Crippen LogP contribution < -0.4 is 21.5 Å². The first kappa shape index (κ1) is 15.3. The van der Waals surface area contributed by atoms with Gasteiger partial charge < -0.3 is 10.6 Å². The average Bonchev–Trinajstić information content (AvgIpc) is 2.36. The summed E-state index contributed by atoms with van der Waals surface area (Å²) in [6.45, 7) is 6.19. The Morgan fingerprint density at radius 2 is 1.84 bits per heavy atom. The Morgan fingerprint density at radius 3 is 2.47 bits per heavy atom. The standard InChI is InChI=1S/C12H15FN4S2/c1-8(2)7-14-11(18)16-17-12(19)15-10-6-4-3-5-9(10)13/h3-6H,1,7H2,2H3,(H2,14,16,18)(H2,15,17,19). The SMILES string of the molecule is C=C(C)CNC(=S)NNC(=S)Nc1ccccc1F. The molecule has 0 aliphatic rings. The highest BCUT2D eigenvalue weighted by Crippen LogP contribution is 2.11. The Morgan fingerprint density at radius 1 is 1.21 bits per heavy atom. The number of hydrogen-bond acceptors (Lipinski definition) is 2. The highest BCUT2D eigenvalue weighted by molar-refractivity contribution is 7.80. The Bertz CT molecular complexity index is 490. The van der Waals surface area contributed by atoms with Crippen molar-refractivity contribution in [3.63, 3.8) is 0 Å². The summed E-state index contributed by atoms with van der Waals surface area (Å²) >= 11 is 9.99. The first-order chi connectivity index (χ1) is 8.99. The Kier molecular flexibility index (Phi) is 6.17. The smallest absolute Gasteiger partial charge is 0.189 e. The molecule has 0 heterocycles. The zero-order valence-electron chi connectivity index (χ0n) is 10.4. The van der Waals surface area contributed by atoms with Crippen molar-refractivity contribution in [1.29, 1.82) is 0 Å². The monoisotopic (exact) mass is 298 g/mol. The van der Waals surface area contributed by atoms with E-state index in [-0.39, 0.29) is 10.9 Å². The van der Waals surface area contributed by atoms with Gasteiger partial charge in [0.15, 0.2) is 10.2 Å². The van der Waals surface area contributed by atoms with Crippen molar-refractivity contribution in [3.05, 3.63) is 42.2 Å². The zero-order valence-corrected chi connectivity index (χ0v) is 12.1. The molecule has 4 nitrogen and oxygen atoms in total. The molecule has 102 valence electrons. The third-order valence-corrected chi connectivity index (χ3v) is 2.41. The quantitative estimate of drug-likeness (QED) is 0.389. The van der Waals surface area contributed by atoms with E-state index in [4.69, 9.17) is 24.4 Å². The molecule has 0 radical (unpaired) electrons. The van der Waals surface area contributed by atoms with Crippen molar-refractivity contribution in [2.45, 2.75) is 6.92 Å². The molecule has 0 fully saturated rings. The summed E-state index contributed by atoms with van der Waals surface area (Å²) in [6.07, 6.45) is 0. The molecule has 0 aliphatic heterocycles. The maximum absolute atomic E-state index is 13.3. The molecule has 0 amide bonds. The molecule has 0 unspecified atom stereocenters. The molecule has 0 aromatic heterocycles. The van der Waals surface area contributed by atoms with Gasteiger partial charge in [0.2, 0.25) is 0 Å². The normalized spacial score (nSPS) is 9.37. The minimum Gasteiger partial charge on any atom is -0.358 e. The van der Waals surface area contributed by atoms with Crippen LogP contribution >= 0.6 is 24.4 Å². The Labute approximate surface area is 122 Å². The largest absolute Gasteiger partial charge is 0.358 e. The molecule has 1 aromatic rings. The Hall–Kier alpha value is -1.73. The van der Waals surface area contributed by atoms with Gasteiger partial charge in [0.1, 0.15) is 5.82 Å². The van der Waals surface area contributed by atoms with Gasteiger partial charge in [-0.1, -0.05) is 24.3 Å². The van der Waals surface area contributed by atoms with Crippen molar-refractivity contribution >= 4 is 40.3 Å². The second-order valence-electron chi connectivity index (χ2n) is 3.82. The van der Waals surface area contributed by atoms with Gasteiger partial charge in [-0.3, -0.25) is 10.9 Å². The van der Waals surface area contributed by atoms with Crippen molar-refractivity contribution in [1.82, 2.24) is 16.2 Å². The van der Waals surface area contributed by atoms with Crippen molar-refractivity contribution in [3.8, 4) is 0 Å². The summed E-state index contributed by atoms with van der Waals surface area (Å²) in [5.74, 6) is -0.380. The lowest BCUT2D eigenvalue weighted by atomic mass is 10.3. The molecule has 7 heteroatoms. The fraction of sp³-hybridized carbons (Fsp3) is 0.167. The van der Waals surface area contributed by atoms with E-state index in [1.165, 1.54) is 6.07 Å². The molecule has 1 rings (SSSR count). The van der Waals surface area contributed by atoms with E-state index in [0.29, 0.717) is 17.3 Å². The fourth-order valence-electron chi connectivity index (χ4n) is 1.11. The van der Waals surface area contributed by atoms with Gasteiger partial charge in [0, 0.05) is 6.54 Å². The number of rotatable bonds is 3. The van der Waals surface area contributed by atoms with Crippen molar-refractivity contribution < 1.29 is 4.39 Å². The summed E-state index contributed by atoms with van der Waals surface area (Å²) < 4.78 is 13.3. The summed E-state index contributed by atoms with van der Waals surface area (Å²) in [5.41, 5.74) is 6.58. The molecule has 1 aromatic carbocycles. The van der Waals surface area contributed by atoms with Crippen LogP contribution in [0.2, 0.25) is 0 Å². The van der Waals surface area contributed by atoms with Gasteiger partial charge in [0.05, 0.1) is 5.69 Å². The number of para-hydroxylation sites is 1. The zero-order chi connectivity index (χ0) is 14.3. The molecule has 0 aliphatic carbocycles. The first-order valence-electron chi connectivity index (χ1n) is 5.49. The molecule has 0 spiro atoms. The van der Waals surface area contributed by atoms with E-state index >= 15 is 0 Å². The van der Waals surface area contributed by atoms with E-state index in [2.05, 4.69) is 28.1 Å². The highest BCUT2D eigenvalue weighted by Gasteiger charge is 2.02. The molecule has 0 saturated carbocycles. The molecule has 4 N–H and O–H groups in total. The van der Waals surface area contributed by atoms with Crippen LogP contribution in [0.3, 0.4) is 0 Å². The van der Waals surface area contributed by atoms with E-state index in [9.17, 15) is 4.39 Å². The molecular formula is C12H15FN4S2. The topological polar surface area (TPSA) is 48.1 Å². The van der Waals surface area contributed by atoms with Gasteiger partial charge in [-0.15, -0.1) is 0 Å². The van der Waals surface area contributed by atoms with Crippen LogP contribution in [-0.2, 0) is 0 Å². The predicted molar refractivity (Wildman–Crippen MR) is 84.3 cm³/mol. The number of hydrazine groups is 1. The summed E-state index contributed by atoms with van der Waals surface area (Å²) in [6, 6.07) is 6.24. The predicted octanol–water partition coefficient (Wildman–Crippen LogP) is 2.07. The lowest BCUT2D eigenvalue weighted by Gasteiger charge is -2.14. The Balaban J connectivity index is 2.34. The summed E-state index contributed by atoms with van der Waals surface area (Å²) in [7, 11) is 0. The number of anilines is 1. The second-order valence-corrected chi connectivity index (χ2v) is 4.64. The van der Waals surface area contributed by atoms with Crippen LogP contribution in [0, 0.1) is 5.82 Å². The third-order valence-electron chi connectivity index (χ3n) is 1.96. The molecule has 0 saturated heterocycles. The van der Waals surface area contributed by atoms with Crippen LogP contribution in [0.5, 0.6) is 0 Å². The maximum Gasteiger partial charge on any atom is 0.189 e. The second kappa shape index (κ2) is 7.65. The van der Waals surface area contributed by atoms with Crippen LogP contribution in [0.1, 0.15) is 6.92 Å². The van der Waals surface area contributed by atoms with Gasteiger partial charge in [-0.25, -0.2) is 4.39 Å². The summed E-state index contributed by atoms with van der Waals surface area (Å²) in [5, 5.41) is 6.21. The van der Waals surface area contributed by atoms with Crippen molar-refractivity contribution in [2.24, 2.45) is 0 Å². The maximum atomic E-state index is 13.3. The minimum absolute atomic E-state index is 0.213. The fourth-order valence-corrected chi connectivity index (χ4v) is 1.39. The van der Waals surface area contributed by atoms with Crippen LogP contribution in [0.4, 0.5) is 10.1 Å². The van der Waals surface area contributed by atoms with Crippen LogP contribution in [0.25, 0.3) is 0 Å². The molecule has 0 atom stereocenters. The van der Waals surface area contributed by atoms with E-state index in [1.807, 2.05) is 6.92 Å². The molecule has 0 bridgehead atoms. The van der Waals surface area contributed by atoms with Crippen LogP contribution in [-0.4, -0.2) is 16.8 Å². The van der Waals surface area contributed by atoms with E-state index in [0.717, 1.165) is 5.57 Å². The van der Waals surface area contributed by atoms with Gasteiger partial charge >= 0.3 is 0 Å². The van der Waals surface area contributed by atoms with Gasteiger partial charge in [-0.05, 0) is 43.5 Å². The average molecular weight is 298 g/mol. The minimum atomic E-state index is -0.380. The molecular weight excluding hydrogens is 283 g/mol. The van der Waals surface area contributed by atoms with Crippen LogP contribution in [0.15, 0.2) is 36.4 Å². The lowest BCUT2D eigenvalue weighted by molar-refractivity contribution is 0.632. The number of nitrogens with one attached hydrogen (secondary N) is 4. The van der Waals surface area contributed by atoms with Gasteiger partial charge in [-0.2, -0.15) is 0 Å². The highest BCUT2D eigenvalue weighted by atomic mass is 32.1. The van der Waals surface area contributed by atoms with E-state index < -0.39 is 0 Å². The third kappa shape index (κ3) is 6.12. The molecule has 19 heavy (non-hydrogen) atoms. The van der Waals surface area contributed by atoms with Gasteiger partial charge in [0.25, 0.3) is 0 Å². The first-order valence-corrected chi connectivity index (χ1v) is 6.30. The van der Waals surface area contributed by atoms with E-state index in [1.54, 1.807) is 18.2 Å². The lowest BCUT2D eigenvalue weighted by Crippen LogP contribution is -2.48.